The normalized spacial score (nSPS) is 14.3. The lowest BCUT2D eigenvalue weighted by molar-refractivity contribution is -0.137. The first kappa shape index (κ1) is 24.5. The molecule has 0 aliphatic carbocycles. The minimum Gasteiger partial charge on any atom is -0.331 e. The van der Waals surface area contributed by atoms with Gasteiger partial charge in [-0.1, -0.05) is 54.6 Å². The summed E-state index contributed by atoms with van der Waals surface area (Å²) in [6, 6.07) is 27.2. The molecule has 37 heavy (non-hydrogen) atoms. The third-order valence-corrected chi connectivity index (χ3v) is 6.89. The van der Waals surface area contributed by atoms with Gasteiger partial charge in [0, 0.05) is 18.7 Å². The van der Waals surface area contributed by atoms with Crippen LogP contribution in [0.25, 0.3) is 5.69 Å². The summed E-state index contributed by atoms with van der Waals surface area (Å²) >= 11 is 0. The highest BCUT2D eigenvalue weighted by molar-refractivity contribution is 6.00. The predicted octanol–water partition coefficient (Wildman–Crippen LogP) is 5.92. The van der Waals surface area contributed by atoms with Crippen LogP contribution in [-0.2, 0) is 16.0 Å². The van der Waals surface area contributed by atoms with Crippen LogP contribution in [0.15, 0.2) is 97.2 Å². The highest BCUT2D eigenvalue weighted by Crippen LogP contribution is 2.42. The summed E-state index contributed by atoms with van der Waals surface area (Å²) in [5, 5.41) is 0. The average Bonchev–Trinajstić information content (AvgIpc) is 3.40. The summed E-state index contributed by atoms with van der Waals surface area (Å²) in [4.78, 5) is 30.8. The Bertz CT molecular complexity index is 1400. The van der Waals surface area contributed by atoms with Crippen molar-refractivity contribution in [3.8, 4) is 5.69 Å². The Balaban J connectivity index is 1.47. The second kappa shape index (κ2) is 10.4. The quantitative estimate of drug-likeness (QED) is 0.319. The SMILES string of the molecule is CC(C)N(CC(=O)N1c2ccccc2-n2cccc2C1c1ccc(F)cc1)C(=O)CCc1ccccc1. The number of aryl methyl sites for hydroxylation is 1. The molecule has 0 saturated carbocycles. The first-order chi connectivity index (χ1) is 17.9. The molecular formula is C31H30FN3O2. The maximum absolute atomic E-state index is 14.1. The average molecular weight is 496 g/mol. The van der Waals surface area contributed by atoms with Crippen molar-refractivity contribution >= 4 is 17.5 Å². The standard InChI is InChI=1S/C31H30FN3O2/c1-22(2)34(29(36)19-14-23-9-4-3-5-10-23)21-30(37)35-27-12-7-6-11-26(27)33-20-8-13-28(33)31(35)24-15-17-25(32)18-16-24/h3-13,15-18,20,22,31H,14,19,21H2,1-2H3. The second-order valence-corrected chi connectivity index (χ2v) is 9.61. The fraction of sp³-hybridized carbons (Fsp3) is 0.226. The molecule has 0 fully saturated rings. The fourth-order valence-corrected chi connectivity index (χ4v) is 5.04. The molecular weight excluding hydrogens is 465 g/mol. The van der Waals surface area contributed by atoms with Gasteiger partial charge in [-0.05, 0) is 67.8 Å². The van der Waals surface area contributed by atoms with E-state index in [0.717, 1.165) is 28.2 Å². The van der Waals surface area contributed by atoms with Gasteiger partial charge < -0.3 is 9.47 Å². The van der Waals surface area contributed by atoms with E-state index < -0.39 is 6.04 Å². The molecule has 1 aliphatic rings. The topological polar surface area (TPSA) is 45.6 Å². The van der Waals surface area contributed by atoms with Crippen LogP contribution in [0.1, 0.15) is 43.1 Å². The van der Waals surface area contributed by atoms with Gasteiger partial charge in [0.05, 0.1) is 17.1 Å². The molecule has 0 spiro atoms. The molecule has 5 rings (SSSR count). The summed E-state index contributed by atoms with van der Waals surface area (Å²) in [5.41, 5.74) is 4.44. The Morgan fingerprint density at radius 1 is 0.865 bits per heavy atom. The van der Waals surface area contributed by atoms with Crippen LogP contribution in [0.5, 0.6) is 0 Å². The Labute approximate surface area is 216 Å². The lowest BCUT2D eigenvalue weighted by atomic mass is 9.97. The van der Waals surface area contributed by atoms with E-state index in [4.69, 9.17) is 0 Å². The van der Waals surface area contributed by atoms with Gasteiger partial charge in [-0.3, -0.25) is 14.5 Å². The van der Waals surface area contributed by atoms with Crippen LogP contribution < -0.4 is 4.90 Å². The number of benzene rings is 3. The van der Waals surface area contributed by atoms with Gasteiger partial charge in [0.2, 0.25) is 11.8 Å². The van der Waals surface area contributed by atoms with E-state index >= 15 is 0 Å². The molecule has 2 heterocycles. The van der Waals surface area contributed by atoms with Crippen molar-refractivity contribution in [3.63, 3.8) is 0 Å². The minimum atomic E-state index is -0.452. The van der Waals surface area contributed by atoms with Gasteiger partial charge in [-0.15, -0.1) is 0 Å². The van der Waals surface area contributed by atoms with Crippen molar-refractivity contribution in [1.82, 2.24) is 9.47 Å². The molecule has 0 bridgehead atoms. The zero-order valence-corrected chi connectivity index (χ0v) is 21.0. The largest absolute Gasteiger partial charge is 0.331 e. The van der Waals surface area contributed by atoms with Crippen LogP contribution in [0.2, 0.25) is 0 Å². The number of anilines is 1. The van der Waals surface area contributed by atoms with E-state index in [9.17, 15) is 14.0 Å². The first-order valence-electron chi connectivity index (χ1n) is 12.6. The molecule has 1 atom stereocenters. The van der Waals surface area contributed by atoms with E-state index in [1.165, 1.54) is 12.1 Å². The number of hydrogen-bond donors (Lipinski definition) is 0. The third kappa shape index (κ3) is 4.92. The molecule has 2 amide bonds. The zero-order chi connectivity index (χ0) is 25.9. The number of para-hydroxylation sites is 2. The number of nitrogens with zero attached hydrogens (tertiary/aromatic N) is 3. The van der Waals surface area contributed by atoms with Crippen LogP contribution in [0, 0.1) is 5.82 Å². The van der Waals surface area contributed by atoms with Crippen LogP contribution in [-0.4, -0.2) is 33.9 Å². The summed E-state index contributed by atoms with van der Waals surface area (Å²) in [5.74, 6) is -0.571. The van der Waals surface area contributed by atoms with Crippen molar-refractivity contribution in [2.75, 3.05) is 11.4 Å². The highest BCUT2D eigenvalue weighted by Gasteiger charge is 2.37. The minimum absolute atomic E-state index is 0.0436. The van der Waals surface area contributed by atoms with Gasteiger partial charge in [-0.2, -0.15) is 0 Å². The van der Waals surface area contributed by atoms with Gasteiger partial charge in [0.25, 0.3) is 0 Å². The van der Waals surface area contributed by atoms with E-state index in [-0.39, 0.29) is 30.2 Å². The number of carbonyl (C=O) groups is 2. The Kier molecular flexibility index (Phi) is 6.91. The van der Waals surface area contributed by atoms with Crippen molar-refractivity contribution in [3.05, 3.63) is 120 Å². The molecule has 188 valence electrons. The van der Waals surface area contributed by atoms with Crippen LogP contribution in [0.3, 0.4) is 0 Å². The molecule has 0 radical (unpaired) electrons. The van der Waals surface area contributed by atoms with Gasteiger partial charge in [0.1, 0.15) is 18.4 Å². The second-order valence-electron chi connectivity index (χ2n) is 9.61. The van der Waals surface area contributed by atoms with Crippen molar-refractivity contribution in [2.24, 2.45) is 0 Å². The van der Waals surface area contributed by atoms with Gasteiger partial charge in [0.15, 0.2) is 0 Å². The van der Waals surface area contributed by atoms with Crippen LogP contribution >= 0.6 is 0 Å². The number of hydrogen-bond acceptors (Lipinski definition) is 2. The summed E-state index contributed by atoms with van der Waals surface area (Å²) < 4.78 is 15.9. The third-order valence-electron chi connectivity index (χ3n) is 6.89. The maximum Gasteiger partial charge on any atom is 0.247 e. The molecule has 3 aromatic carbocycles. The summed E-state index contributed by atoms with van der Waals surface area (Å²) in [6.45, 7) is 3.82. The Hall–Kier alpha value is -4.19. The Morgan fingerprint density at radius 3 is 2.24 bits per heavy atom. The van der Waals surface area contributed by atoms with E-state index in [2.05, 4.69) is 4.57 Å². The lowest BCUT2D eigenvalue weighted by Crippen LogP contribution is -2.48. The number of amides is 2. The van der Waals surface area contributed by atoms with Crippen molar-refractivity contribution in [1.29, 1.82) is 0 Å². The van der Waals surface area contributed by atoms with E-state index in [1.54, 1.807) is 21.9 Å². The highest BCUT2D eigenvalue weighted by atomic mass is 19.1. The van der Waals surface area contributed by atoms with Gasteiger partial charge in [-0.25, -0.2) is 4.39 Å². The molecule has 0 saturated heterocycles. The molecule has 1 aromatic heterocycles. The molecule has 5 nitrogen and oxygen atoms in total. The first-order valence-corrected chi connectivity index (χ1v) is 12.6. The molecule has 4 aromatic rings. The summed E-state index contributed by atoms with van der Waals surface area (Å²) in [7, 11) is 0. The zero-order valence-electron chi connectivity index (χ0n) is 21.0. The van der Waals surface area contributed by atoms with Crippen molar-refractivity contribution < 1.29 is 14.0 Å². The van der Waals surface area contributed by atoms with E-state index in [1.807, 2.05) is 86.8 Å². The van der Waals surface area contributed by atoms with Crippen LogP contribution in [0.4, 0.5) is 10.1 Å². The number of halogens is 1. The van der Waals surface area contributed by atoms with Gasteiger partial charge >= 0.3 is 0 Å². The fourth-order valence-electron chi connectivity index (χ4n) is 5.04. The lowest BCUT2D eigenvalue weighted by Gasteiger charge is -2.40. The molecule has 0 N–H and O–H groups in total. The number of fused-ring (bicyclic) bond motifs is 3. The maximum atomic E-state index is 14.1. The number of carbonyl (C=O) groups excluding carboxylic acids is 2. The predicted molar refractivity (Wildman–Crippen MR) is 143 cm³/mol. The summed E-state index contributed by atoms with van der Waals surface area (Å²) in [6.07, 6.45) is 2.92. The molecule has 1 unspecified atom stereocenters. The Morgan fingerprint density at radius 2 is 1.54 bits per heavy atom. The molecule has 1 aliphatic heterocycles. The number of aromatic nitrogens is 1. The number of rotatable bonds is 7. The molecule has 6 heteroatoms. The smallest absolute Gasteiger partial charge is 0.247 e. The van der Waals surface area contributed by atoms with E-state index in [0.29, 0.717) is 12.8 Å². The van der Waals surface area contributed by atoms with Crippen molar-refractivity contribution in [2.45, 2.75) is 38.8 Å². The monoisotopic (exact) mass is 495 g/mol.